The fraction of sp³-hybridized carbons (Fsp3) is 0.304. The van der Waals surface area contributed by atoms with Gasteiger partial charge in [-0.1, -0.05) is 17.4 Å². The van der Waals surface area contributed by atoms with Gasteiger partial charge >= 0.3 is 0 Å². The van der Waals surface area contributed by atoms with Gasteiger partial charge < -0.3 is 4.74 Å². The van der Waals surface area contributed by atoms with Crippen LogP contribution in [0.2, 0.25) is 0 Å². The van der Waals surface area contributed by atoms with Gasteiger partial charge in [0.2, 0.25) is 0 Å². The molecule has 1 unspecified atom stereocenters. The number of rotatable bonds is 6. The molecule has 0 N–H and O–H groups in total. The first-order valence-corrected chi connectivity index (χ1v) is 12.9. The summed E-state index contributed by atoms with van der Waals surface area (Å²) in [5.74, 6) is -0.172. The first-order chi connectivity index (χ1) is 15.7. The van der Waals surface area contributed by atoms with Crippen LogP contribution in [0.15, 0.2) is 59.5 Å². The quantitative estimate of drug-likeness (QED) is 0.452. The van der Waals surface area contributed by atoms with E-state index in [2.05, 4.69) is 4.98 Å². The van der Waals surface area contributed by atoms with E-state index >= 15 is 0 Å². The fourth-order valence-electron chi connectivity index (χ4n) is 3.71. The lowest BCUT2D eigenvalue weighted by Crippen LogP contribution is -2.24. The summed E-state index contributed by atoms with van der Waals surface area (Å²) in [6, 6.07) is 11.2. The third-order valence-corrected chi connectivity index (χ3v) is 7.61. The van der Waals surface area contributed by atoms with Crippen molar-refractivity contribution >= 4 is 48.1 Å². The van der Waals surface area contributed by atoms with Crippen molar-refractivity contribution in [3.63, 3.8) is 0 Å². The van der Waals surface area contributed by atoms with E-state index in [1.54, 1.807) is 19.2 Å². The largest absolute Gasteiger partial charge is 0.497 e. The number of methoxy groups -OCH3 is 1. The second-order valence-corrected chi connectivity index (χ2v) is 10.9. The molecule has 1 heterocycles. The fourth-order valence-corrected chi connectivity index (χ4v) is 5.36. The number of sulfone groups is 1. The van der Waals surface area contributed by atoms with Crippen molar-refractivity contribution in [1.29, 1.82) is 0 Å². The zero-order valence-corrected chi connectivity index (χ0v) is 19.6. The van der Waals surface area contributed by atoms with Crippen LogP contribution in [0, 0.1) is 5.92 Å². The SMILES string of the molecule is COc1ccc2nc(N(C(=O)/C=C/C3C[C@@H](F)[C@@H](F)C3)c3ccc(S(C)(=O)=O)cc3)sc2c1. The van der Waals surface area contributed by atoms with Gasteiger partial charge in [0, 0.05) is 12.3 Å². The summed E-state index contributed by atoms with van der Waals surface area (Å²) >= 11 is 1.27. The number of aromatic nitrogens is 1. The van der Waals surface area contributed by atoms with E-state index in [0.717, 1.165) is 11.0 Å². The number of allylic oxidation sites excluding steroid dienone is 1. The minimum Gasteiger partial charge on any atom is -0.497 e. The molecule has 1 fully saturated rings. The van der Waals surface area contributed by atoms with Crippen molar-refractivity contribution in [2.75, 3.05) is 18.3 Å². The van der Waals surface area contributed by atoms with Crippen LogP contribution in [0.5, 0.6) is 5.75 Å². The molecule has 1 amide bonds. The standard InChI is InChI=1S/C23H22F2N2O4S2/c1-31-16-6-9-20-21(13-16)32-23(26-20)27(15-4-7-17(8-5-15)33(2,29)30)22(28)10-3-14-11-18(24)19(25)12-14/h3-10,13-14,18-19H,11-12H2,1-2H3/b10-3+/t14?,18-,19+. The summed E-state index contributed by atoms with van der Waals surface area (Å²) in [7, 11) is -1.85. The zero-order valence-electron chi connectivity index (χ0n) is 17.9. The summed E-state index contributed by atoms with van der Waals surface area (Å²) < 4.78 is 56.7. The van der Waals surface area contributed by atoms with Crippen LogP contribution in [0.4, 0.5) is 19.6 Å². The van der Waals surface area contributed by atoms with Crippen molar-refractivity contribution in [2.45, 2.75) is 30.1 Å². The predicted molar refractivity (Wildman–Crippen MR) is 125 cm³/mol. The van der Waals surface area contributed by atoms with E-state index in [1.165, 1.54) is 52.7 Å². The number of amides is 1. The van der Waals surface area contributed by atoms with E-state index in [1.807, 2.05) is 6.07 Å². The second kappa shape index (κ2) is 9.18. The molecule has 6 nitrogen and oxygen atoms in total. The van der Waals surface area contributed by atoms with E-state index in [9.17, 15) is 22.0 Å². The molecule has 3 atom stereocenters. The average Bonchev–Trinajstić information content (AvgIpc) is 3.33. The number of nitrogens with zero attached hydrogens (tertiary/aromatic N) is 2. The highest BCUT2D eigenvalue weighted by Crippen LogP contribution is 2.36. The number of carbonyl (C=O) groups is 1. The van der Waals surface area contributed by atoms with Gasteiger partial charge in [-0.2, -0.15) is 0 Å². The van der Waals surface area contributed by atoms with Crippen LogP contribution in [0.1, 0.15) is 12.8 Å². The molecule has 1 saturated carbocycles. The molecule has 174 valence electrons. The molecule has 0 aliphatic heterocycles. The third-order valence-electron chi connectivity index (χ3n) is 5.48. The Kier molecular flexibility index (Phi) is 6.49. The van der Waals surface area contributed by atoms with Crippen LogP contribution in [0.3, 0.4) is 0 Å². The molecule has 4 rings (SSSR count). The zero-order chi connectivity index (χ0) is 23.8. The average molecular weight is 493 g/mol. The maximum Gasteiger partial charge on any atom is 0.257 e. The van der Waals surface area contributed by atoms with Crippen LogP contribution in [-0.2, 0) is 14.6 Å². The lowest BCUT2D eigenvalue weighted by atomic mass is 10.1. The van der Waals surface area contributed by atoms with Gasteiger partial charge in [-0.25, -0.2) is 22.2 Å². The first kappa shape index (κ1) is 23.3. The number of fused-ring (bicyclic) bond motifs is 1. The van der Waals surface area contributed by atoms with Gasteiger partial charge in [-0.3, -0.25) is 9.69 Å². The summed E-state index contributed by atoms with van der Waals surface area (Å²) in [4.78, 5) is 19.3. The normalized spacial score (nSPS) is 21.0. The van der Waals surface area contributed by atoms with Crippen LogP contribution in [-0.4, -0.2) is 45.0 Å². The molecule has 2 aromatic carbocycles. The number of anilines is 2. The number of hydrogen-bond donors (Lipinski definition) is 0. The maximum atomic E-state index is 13.5. The Hall–Kier alpha value is -2.85. The number of benzene rings is 2. The van der Waals surface area contributed by atoms with Gasteiger partial charge in [0.15, 0.2) is 15.0 Å². The van der Waals surface area contributed by atoms with Crippen LogP contribution < -0.4 is 9.64 Å². The summed E-state index contributed by atoms with van der Waals surface area (Å²) in [6.45, 7) is 0. The van der Waals surface area contributed by atoms with Gasteiger partial charge in [-0.15, -0.1) is 0 Å². The molecule has 10 heteroatoms. The number of ether oxygens (including phenoxy) is 1. The summed E-state index contributed by atoms with van der Waals surface area (Å²) in [6.07, 6.45) is 0.966. The lowest BCUT2D eigenvalue weighted by molar-refractivity contribution is -0.113. The highest BCUT2D eigenvalue weighted by Gasteiger charge is 2.33. The smallest absolute Gasteiger partial charge is 0.257 e. The minimum absolute atomic E-state index is 0.0366. The van der Waals surface area contributed by atoms with E-state index in [-0.39, 0.29) is 23.7 Å². The molecule has 0 radical (unpaired) electrons. The Balaban J connectivity index is 1.71. The Labute approximate surface area is 194 Å². The molecular formula is C23H22F2N2O4S2. The molecule has 33 heavy (non-hydrogen) atoms. The van der Waals surface area contributed by atoms with Crippen molar-refractivity contribution in [3.05, 3.63) is 54.6 Å². The maximum absolute atomic E-state index is 13.5. The number of alkyl halides is 2. The predicted octanol–water partition coefficient (Wildman–Crippen LogP) is 5.02. The Bertz CT molecular complexity index is 1300. The Morgan fingerprint density at radius 2 is 1.82 bits per heavy atom. The number of halogens is 2. The molecule has 1 aliphatic rings. The number of thiazole rings is 1. The number of carbonyl (C=O) groups excluding carboxylic acids is 1. The second-order valence-electron chi connectivity index (χ2n) is 7.89. The Morgan fingerprint density at radius 1 is 1.15 bits per heavy atom. The summed E-state index contributed by atoms with van der Waals surface area (Å²) in [5, 5.41) is 0.373. The van der Waals surface area contributed by atoms with E-state index < -0.39 is 28.1 Å². The molecule has 0 saturated heterocycles. The topological polar surface area (TPSA) is 76.6 Å². The monoisotopic (exact) mass is 492 g/mol. The molecule has 0 spiro atoms. The molecule has 1 aromatic heterocycles. The molecule has 3 aromatic rings. The van der Waals surface area contributed by atoms with Crippen molar-refractivity contribution in [2.24, 2.45) is 5.92 Å². The van der Waals surface area contributed by atoms with Gasteiger partial charge in [0.05, 0.1) is 27.9 Å². The number of hydrogen-bond acceptors (Lipinski definition) is 6. The third kappa shape index (κ3) is 5.06. The highest BCUT2D eigenvalue weighted by atomic mass is 32.2. The van der Waals surface area contributed by atoms with Crippen LogP contribution >= 0.6 is 11.3 Å². The van der Waals surface area contributed by atoms with Gasteiger partial charge in [0.1, 0.15) is 18.1 Å². The van der Waals surface area contributed by atoms with Crippen molar-refractivity contribution < 1.29 is 26.7 Å². The molecular weight excluding hydrogens is 470 g/mol. The van der Waals surface area contributed by atoms with Gasteiger partial charge in [0.25, 0.3) is 5.91 Å². The highest BCUT2D eigenvalue weighted by molar-refractivity contribution is 7.90. The van der Waals surface area contributed by atoms with E-state index in [4.69, 9.17) is 4.74 Å². The van der Waals surface area contributed by atoms with Gasteiger partial charge in [-0.05, 0) is 61.2 Å². The van der Waals surface area contributed by atoms with E-state index in [0.29, 0.717) is 22.1 Å². The van der Waals surface area contributed by atoms with Crippen molar-refractivity contribution in [1.82, 2.24) is 4.98 Å². The summed E-state index contributed by atoms with van der Waals surface area (Å²) in [5.41, 5.74) is 1.09. The minimum atomic E-state index is -3.41. The van der Waals surface area contributed by atoms with Crippen molar-refractivity contribution in [3.8, 4) is 5.75 Å². The van der Waals surface area contributed by atoms with Crippen LogP contribution in [0.25, 0.3) is 10.2 Å². The molecule has 1 aliphatic carbocycles. The first-order valence-electron chi connectivity index (χ1n) is 10.2. The Morgan fingerprint density at radius 3 is 2.42 bits per heavy atom. The lowest BCUT2D eigenvalue weighted by Gasteiger charge is -2.19. The molecule has 0 bridgehead atoms.